The number of carbonyl (C=O) groups excluding carboxylic acids is 1. The molecule has 5 nitrogen and oxygen atoms in total. The van der Waals surface area contributed by atoms with Crippen LogP contribution in [0.4, 0.5) is 4.39 Å². The lowest BCUT2D eigenvalue weighted by Gasteiger charge is -2.21. The van der Waals surface area contributed by atoms with E-state index in [-0.39, 0.29) is 29.6 Å². The molecule has 2 aromatic carbocycles. The molecule has 3 aromatic rings. The Balaban J connectivity index is 1.88. The number of aromatic amines is 1. The predicted octanol–water partition coefficient (Wildman–Crippen LogP) is 4.56. The van der Waals surface area contributed by atoms with Gasteiger partial charge in [0.1, 0.15) is 11.6 Å². The molecule has 0 bridgehead atoms. The summed E-state index contributed by atoms with van der Waals surface area (Å²) in [4.78, 5) is 15.0. The maximum Gasteiger partial charge on any atom is 0.216 e. The topological polar surface area (TPSA) is 77.2 Å². The van der Waals surface area contributed by atoms with Gasteiger partial charge in [-0.3, -0.25) is 4.79 Å². The number of rotatable bonds is 7. The molecular weight excluding hydrogens is 405 g/mol. The van der Waals surface area contributed by atoms with Crippen molar-refractivity contribution in [3.63, 3.8) is 0 Å². The molecule has 2 unspecified atom stereocenters. The van der Waals surface area contributed by atoms with Crippen LogP contribution in [0.3, 0.4) is 0 Å². The third-order valence-corrected chi connectivity index (χ3v) is 6.24. The van der Waals surface area contributed by atoms with Crippen LogP contribution in [0.2, 0.25) is 0 Å². The van der Waals surface area contributed by atoms with Gasteiger partial charge in [-0.15, -0.1) is 0 Å². The number of para-hydroxylation sites is 1. The number of benzene rings is 2. The lowest BCUT2D eigenvalue weighted by Crippen LogP contribution is -2.30. The van der Waals surface area contributed by atoms with Gasteiger partial charge in [-0.2, -0.15) is 0 Å². The van der Waals surface area contributed by atoms with Gasteiger partial charge < -0.3 is 20.7 Å². The first-order valence-corrected chi connectivity index (χ1v) is 11.1. The maximum absolute atomic E-state index is 13.7. The number of nitrogens with one attached hydrogen (secondary N) is 3. The van der Waals surface area contributed by atoms with Gasteiger partial charge in [0.15, 0.2) is 0 Å². The maximum atomic E-state index is 13.7. The number of halogens is 1. The number of aliphatic hydroxyl groups is 1. The van der Waals surface area contributed by atoms with E-state index < -0.39 is 0 Å². The molecule has 1 aromatic heterocycles. The van der Waals surface area contributed by atoms with E-state index in [9.17, 15) is 14.3 Å². The third-order valence-electron chi connectivity index (χ3n) is 6.24. The smallest absolute Gasteiger partial charge is 0.216 e. The number of hydrogen-bond acceptors (Lipinski definition) is 3. The van der Waals surface area contributed by atoms with Crippen LogP contribution in [0.15, 0.2) is 59.9 Å². The molecule has 32 heavy (non-hydrogen) atoms. The van der Waals surface area contributed by atoms with E-state index in [0.717, 1.165) is 33.3 Å². The van der Waals surface area contributed by atoms with Crippen LogP contribution in [-0.2, 0) is 11.2 Å². The highest BCUT2D eigenvalue weighted by Crippen LogP contribution is 2.40. The van der Waals surface area contributed by atoms with Crippen molar-refractivity contribution in [1.82, 2.24) is 15.6 Å². The van der Waals surface area contributed by atoms with E-state index in [0.29, 0.717) is 25.3 Å². The molecule has 0 aliphatic carbocycles. The van der Waals surface area contributed by atoms with Gasteiger partial charge in [0.05, 0.1) is 12.0 Å². The summed E-state index contributed by atoms with van der Waals surface area (Å²) in [5.74, 6) is -0.0184. The van der Waals surface area contributed by atoms with E-state index >= 15 is 0 Å². The van der Waals surface area contributed by atoms with Crippen molar-refractivity contribution < 1.29 is 14.3 Å². The molecule has 0 fully saturated rings. The summed E-state index contributed by atoms with van der Waals surface area (Å²) < 4.78 is 13.7. The Labute approximate surface area is 187 Å². The zero-order valence-electron chi connectivity index (χ0n) is 18.7. The molecule has 4 rings (SSSR count). The zero-order valence-corrected chi connectivity index (χ0v) is 18.7. The van der Waals surface area contributed by atoms with Crippen molar-refractivity contribution in [2.24, 2.45) is 5.92 Å². The largest absolute Gasteiger partial charge is 0.511 e. The predicted molar refractivity (Wildman–Crippen MR) is 125 cm³/mol. The Hall–Kier alpha value is -3.12. The molecule has 1 amide bonds. The first-order valence-electron chi connectivity index (χ1n) is 11.1. The van der Waals surface area contributed by atoms with Crippen molar-refractivity contribution in [2.75, 3.05) is 13.1 Å². The van der Waals surface area contributed by atoms with E-state index in [1.165, 1.54) is 19.1 Å². The molecule has 0 spiro atoms. The van der Waals surface area contributed by atoms with Crippen LogP contribution in [-0.4, -0.2) is 35.1 Å². The van der Waals surface area contributed by atoms with Crippen LogP contribution in [0.25, 0.3) is 10.9 Å². The summed E-state index contributed by atoms with van der Waals surface area (Å²) in [6, 6.07) is 14.5. The second kappa shape index (κ2) is 9.17. The van der Waals surface area contributed by atoms with Gasteiger partial charge in [-0.1, -0.05) is 44.2 Å². The summed E-state index contributed by atoms with van der Waals surface area (Å²) >= 11 is 0. The van der Waals surface area contributed by atoms with Crippen molar-refractivity contribution in [3.05, 3.63) is 82.5 Å². The number of carbonyl (C=O) groups is 1. The minimum Gasteiger partial charge on any atom is -0.511 e. The Morgan fingerprint density at radius 3 is 2.56 bits per heavy atom. The standard InChI is InChI=1S/C26H30FN3O2/c1-15(2)24-26(32)21(14-29-24)23(17-8-10-18(27)11-9-17)25-20(12-13-28-16(3)31)19-6-4-5-7-22(19)30-25/h4-11,15,23-24,29-30,32H,12-14H2,1-3H3,(H,28,31). The molecule has 2 atom stereocenters. The molecule has 1 aliphatic rings. The van der Waals surface area contributed by atoms with Gasteiger partial charge in [0.2, 0.25) is 5.91 Å². The molecule has 2 heterocycles. The summed E-state index contributed by atoms with van der Waals surface area (Å²) in [5, 5.41) is 18.6. The fourth-order valence-electron chi connectivity index (χ4n) is 4.71. The highest BCUT2D eigenvalue weighted by Gasteiger charge is 2.34. The lowest BCUT2D eigenvalue weighted by atomic mass is 9.84. The molecule has 4 N–H and O–H groups in total. The molecule has 168 valence electrons. The number of aliphatic hydroxyl groups excluding tert-OH is 1. The minimum atomic E-state index is -0.294. The lowest BCUT2D eigenvalue weighted by molar-refractivity contribution is -0.118. The second-order valence-corrected chi connectivity index (χ2v) is 8.79. The Kier molecular flexibility index (Phi) is 6.33. The summed E-state index contributed by atoms with van der Waals surface area (Å²) in [6.45, 7) is 6.73. The van der Waals surface area contributed by atoms with Crippen molar-refractivity contribution >= 4 is 16.8 Å². The van der Waals surface area contributed by atoms with E-state index in [2.05, 4.69) is 35.5 Å². The average Bonchev–Trinajstić information content (AvgIpc) is 3.31. The SMILES string of the molecule is CC(=O)NCCc1c(C(C2=C(O)C(C(C)C)NC2)c2ccc(F)cc2)[nH]c2ccccc12. The summed E-state index contributed by atoms with van der Waals surface area (Å²) in [6.07, 6.45) is 0.645. The van der Waals surface area contributed by atoms with Crippen LogP contribution in [0.1, 0.15) is 43.5 Å². The van der Waals surface area contributed by atoms with Gasteiger partial charge in [0.25, 0.3) is 0 Å². The number of aromatic nitrogens is 1. The fourth-order valence-corrected chi connectivity index (χ4v) is 4.71. The highest BCUT2D eigenvalue weighted by molar-refractivity contribution is 5.85. The fraction of sp³-hybridized carbons (Fsp3) is 0.346. The first kappa shape index (κ1) is 22.1. The first-order chi connectivity index (χ1) is 15.4. The molecule has 0 radical (unpaired) electrons. The second-order valence-electron chi connectivity index (χ2n) is 8.79. The van der Waals surface area contributed by atoms with E-state index in [1.54, 1.807) is 12.1 Å². The molecule has 0 saturated carbocycles. The number of H-pyrrole nitrogens is 1. The number of fused-ring (bicyclic) bond motifs is 1. The highest BCUT2D eigenvalue weighted by atomic mass is 19.1. The van der Waals surface area contributed by atoms with Gasteiger partial charge in [-0.25, -0.2) is 4.39 Å². The van der Waals surface area contributed by atoms with Crippen molar-refractivity contribution in [3.8, 4) is 0 Å². The van der Waals surface area contributed by atoms with E-state index in [1.807, 2.05) is 18.2 Å². The molecular formula is C26H30FN3O2. The minimum absolute atomic E-state index is 0.0680. The van der Waals surface area contributed by atoms with Crippen LogP contribution < -0.4 is 10.6 Å². The summed E-state index contributed by atoms with van der Waals surface area (Å²) in [7, 11) is 0. The number of hydrogen-bond donors (Lipinski definition) is 4. The van der Waals surface area contributed by atoms with Crippen LogP contribution in [0, 0.1) is 11.7 Å². The van der Waals surface area contributed by atoms with Gasteiger partial charge >= 0.3 is 0 Å². The van der Waals surface area contributed by atoms with Gasteiger partial charge in [0, 0.05) is 36.6 Å². The Morgan fingerprint density at radius 1 is 1.19 bits per heavy atom. The van der Waals surface area contributed by atoms with Crippen molar-refractivity contribution in [2.45, 2.75) is 39.2 Å². The third kappa shape index (κ3) is 4.28. The summed E-state index contributed by atoms with van der Waals surface area (Å²) in [5.41, 5.74) is 4.86. The molecule has 0 saturated heterocycles. The zero-order chi connectivity index (χ0) is 22.8. The molecule has 6 heteroatoms. The number of amides is 1. The Bertz CT molecular complexity index is 1150. The average molecular weight is 436 g/mol. The molecule has 1 aliphatic heterocycles. The Morgan fingerprint density at radius 2 is 1.91 bits per heavy atom. The monoisotopic (exact) mass is 435 g/mol. The van der Waals surface area contributed by atoms with Crippen molar-refractivity contribution in [1.29, 1.82) is 0 Å². The van der Waals surface area contributed by atoms with Gasteiger partial charge in [-0.05, 0) is 47.2 Å². The van der Waals surface area contributed by atoms with Crippen LogP contribution >= 0.6 is 0 Å². The van der Waals surface area contributed by atoms with Crippen LogP contribution in [0.5, 0.6) is 0 Å². The normalized spacial score (nSPS) is 17.3. The quantitative estimate of drug-likeness (QED) is 0.440. The van der Waals surface area contributed by atoms with E-state index in [4.69, 9.17) is 0 Å².